The van der Waals surface area contributed by atoms with E-state index in [0.29, 0.717) is 5.82 Å². The molecule has 0 radical (unpaired) electrons. The number of rotatable bonds is 5. The molecule has 57 heavy (non-hydrogen) atoms. The number of aromatic nitrogens is 3. The Hall–Kier alpha value is -7.23. The van der Waals surface area contributed by atoms with E-state index in [4.69, 9.17) is 9.97 Å². The topological polar surface area (TPSA) is 38.7 Å². The molecule has 3 heteroatoms. The zero-order chi connectivity index (χ0) is 38.1. The van der Waals surface area contributed by atoms with Gasteiger partial charge in [-0.2, -0.15) is 0 Å². The average Bonchev–Trinajstić information content (AvgIpc) is 3.74. The van der Waals surface area contributed by atoms with Crippen molar-refractivity contribution >= 4 is 0 Å². The number of fused-ring (bicyclic) bond motifs is 10. The molecule has 0 bridgehead atoms. The Morgan fingerprint density at radius 3 is 1.53 bits per heavy atom. The highest BCUT2D eigenvalue weighted by Crippen LogP contribution is 2.64. The summed E-state index contributed by atoms with van der Waals surface area (Å²) in [5, 5.41) is 0. The minimum absolute atomic E-state index is 0.486. The van der Waals surface area contributed by atoms with Crippen LogP contribution in [0.1, 0.15) is 33.4 Å². The number of benzene rings is 7. The van der Waals surface area contributed by atoms with Gasteiger partial charge in [0.15, 0.2) is 5.82 Å². The zero-order valence-corrected chi connectivity index (χ0v) is 31.7. The van der Waals surface area contributed by atoms with Crippen molar-refractivity contribution in [2.75, 3.05) is 0 Å². The number of hydrogen-bond donors (Lipinski definition) is 0. The summed E-state index contributed by atoms with van der Waals surface area (Å²) in [7, 11) is 0. The van der Waals surface area contributed by atoms with Crippen LogP contribution < -0.4 is 0 Å². The summed E-state index contributed by atoms with van der Waals surface area (Å²) < 4.78 is 0. The van der Waals surface area contributed by atoms with Crippen molar-refractivity contribution in [1.29, 1.82) is 0 Å². The van der Waals surface area contributed by atoms with Crippen LogP contribution in [0.25, 0.3) is 78.4 Å². The van der Waals surface area contributed by atoms with Crippen LogP contribution in [0.3, 0.4) is 0 Å². The Bertz CT molecular complexity index is 2910. The predicted octanol–water partition coefficient (Wildman–Crippen LogP) is 13.2. The fourth-order valence-corrected chi connectivity index (χ4v) is 9.71. The van der Waals surface area contributed by atoms with Crippen LogP contribution in [0, 0.1) is 13.8 Å². The van der Waals surface area contributed by atoms with Gasteiger partial charge in [0.25, 0.3) is 0 Å². The van der Waals surface area contributed by atoms with E-state index < -0.39 is 5.41 Å². The second-order valence-electron chi connectivity index (χ2n) is 15.2. The Morgan fingerprint density at radius 2 is 0.860 bits per heavy atom. The minimum atomic E-state index is -0.486. The summed E-state index contributed by atoms with van der Waals surface area (Å²) in [5.41, 5.74) is 21.9. The maximum absolute atomic E-state index is 5.28. The van der Waals surface area contributed by atoms with Crippen molar-refractivity contribution < 1.29 is 0 Å². The highest BCUT2D eigenvalue weighted by Gasteiger charge is 2.52. The molecule has 2 aromatic heterocycles. The molecule has 0 saturated heterocycles. The lowest BCUT2D eigenvalue weighted by Crippen LogP contribution is -2.25. The minimum Gasteiger partial charge on any atom is -0.264 e. The summed E-state index contributed by atoms with van der Waals surface area (Å²) in [4.78, 5) is 14.9. The van der Waals surface area contributed by atoms with Crippen molar-refractivity contribution in [2.24, 2.45) is 0 Å². The van der Waals surface area contributed by atoms with Gasteiger partial charge in [0.2, 0.25) is 0 Å². The molecule has 2 heterocycles. The predicted molar refractivity (Wildman–Crippen MR) is 233 cm³/mol. The van der Waals surface area contributed by atoms with E-state index in [2.05, 4.69) is 170 Å². The molecule has 9 aromatic rings. The third-order valence-corrected chi connectivity index (χ3v) is 12.0. The fourth-order valence-electron chi connectivity index (χ4n) is 9.71. The van der Waals surface area contributed by atoms with Gasteiger partial charge in [0.05, 0.1) is 16.8 Å². The van der Waals surface area contributed by atoms with Crippen LogP contribution in [0.15, 0.2) is 188 Å². The monoisotopic (exact) mass is 727 g/mol. The van der Waals surface area contributed by atoms with Gasteiger partial charge in [-0.05, 0) is 104 Å². The van der Waals surface area contributed by atoms with Gasteiger partial charge in [-0.1, -0.05) is 164 Å². The van der Waals surface area contributed by atoms with Crippen molar-refractivity contribution in [3.05, 3.63) is 222 Å². The highest BCUT2D eigenvalue weighted by molar-refractivity contribution is 6.03. The van der Waals surface area contributed by atoms with Crippen LogP contribution in [0.4, 0.5) is 0 Å². The van der Waals surface area contributed by atoms with Crippen LogP contribution in [-0.4, -0.2) is 15.0 Å². The summed E-state index contributed by atoms with van der Waals surface area (Å²) in [6.07, 6.45) is 3.96. The van der Waals surface area contributed by atoms with Gasteiger partial charge in [-0.3, -0.25) is 4.98 Å². The van der Waals surface area contributed by atoms with Crippen molar-refractivity contribution in [3.8, 4) is 78.4 Å². The van der Waals surface area contributed by atoms with E-state index in [1.165, 1.54) is 77.9 Å². The standard InChI is InChI=1S/C54H37N3/c1-34-32-55-33-35(2)51(34)42-23-10-9-20-39(42)43-24-15-27-48-52(43)44-30-38(28-29-47(44)54(48)45-25-13-11-21-40(45)41-22-12-14-26-46(41)54)50-31-49(36-16-5-3-6-17-36)56-53(57-50)37-18-7-4-8-19-37/h3-33H,1-2H3. The summed E-state index contributed by atoms with van der Waals surface area (Å²) in [6.45, 7) is 4.33. The first kappa shape index (κ1) is 33.1. The van der Waals surface area contributed by atoms with Crippen LogP contribution in [-0.2, 0) is 5.41 Å². The van der Waals surface area contributed by atoms with Gasteiger partial charge in [0, 0.05) is 29.1 Å². The SMILES string of the molecule is Cc1cncc(C)c1-c1ccccc1-c1cccc2c1-c1cc(-c3cc(-c4ccccc4)nc(-c4ccccc4)n3)ccc1C21c2ccccc2-c2ccccc21. The lowest BCUT2D eigenvalue weighted by atomic mass is 9.70. The summed E-state index contributed by atoms with van der Waals surface area (Å²) in [5.74, 6) is 0.709. The lowest BCUT2D eigenvalue weighted by molar-refractivity contribution is 0.794. The molecule has 11 rings (SSSR count). The maximum atomic E-state index is 5.28. The number of pyridine rings is 1. The molecule has 0 N–H and O–H groups in total. The van der Waals surface area contributed by atoms with Crippen molar-refractivity contribution in [1.82, 2.24) is 15.0 Å². The Balaban J connectivity index is 1.22. The lowest BCUT2D eigenvalue weighted by Gasteiger charge is -2.30. The van der Waals surface area contributed by atoms with Gasteiger partial charge in [0.1, 0.15) is 0 Å². The largest absolute Gasteiger partial charge is 0.264 e. The Kier molecular flexibility index (Phi) is 7.52. The number of nitrogens with zero attached hydrogens (tertiary/aromatic N) is 3. The van der Waals surface area contributed by atoms with Gasteiger partial charge < -0.3 is 0 Å². The van der Waals surface area contributed by atoms with E-state index in [1.807, 2.05) is 36.7 Å². The average molecular weight is 728 g/mol. The van der Waals surface area contributed by atoms with E-state index in [1.54, 1.807) is 0 Å². The van der Waals surface area contributed by atoms with Gasteiger partial charge in [-0.15, -0.1) is 0 Å². The molecule has 7 aromatic carbocycles. The second-order valence-corrected chi connectivity index (χ2v) is 15.2. The van der Waals surface area contributed by atoms with Crippen LogP contribution in [0.2, 0.25) is 0 Å². The molecule has 0 amide bonds. The molecule has 0 unspecified atom stereocenters. The molecule has 2 aliphatic carbocycles. The molecule has 0 fully saturated rings. The summed E-state index contributed by atoms with van der Waals surface area (Å²) >= 11 is 0. The third-order valence-electron chi connectivity index (χ3n) is 12.0. The normalized spacial score (nSPS) is 12.9. The molecular formula is C54H37N3. The smallest absolute Gasteiger partial charge is 0.160 e. The van der Waals surface area contributed by atoms with E-state index in [9.17, 15) is 0 Å². The molecule has 3 nitrogen and oxygen atoms in total. The first-order valence-corrected chi connectivity index (χ1v) is 19.6. The van der Waals surface area contributed by atoms with Crippen LogP contribution >= 0.6 is 0 Å². The molecule has 0 atom stereocenters. The third kappa shape index (κ3) is 4.95. The van der Waals surface area contributed by atoms with Crippen molar-refractivity contribution in [3.63, 3.8) is 0 Å². The molecule has 268 valence electrons. The summed E-state index contributed by atoms with van der Waals surface area (Å²) in [6, 6.07) is 63.7. The Labute approximate surface area is 333 Å². The Morgan fingerprint density at radius 1 is 0.351 bits per heavy atom. The zero-order valence-electron chi connectivity index (χ0n) is 31.7. The maximum Gasteiger partial charge on any atom is 0.160 e. The molecule has 0 aliphatic heterocycles. The first-order valence-electron chi connectivity index (χ1n) is 19.6. The number of hydrogen-bond acceptors (Lipinski definition) is 3. The quantitative estimate of drug-likeness (QED) is 0.177. The van der Waals surface area contributed by atoms with E-state index in [0.717, 1.165) is 28.1 Å². The van der Waals surface area contributed by atoms with Crippen LogP contribution in [0.5, 0.6) is 0 Å². The van der Waals surface area contributed by atoms with Gasteiger partial charge in [-0.25, -0.2) is 9.97 Å². The van der Waals surface area contributed by atoms with Gasteiger partial charge >= 0.3 is 0 Å². The molecular weight excluding hydrogens is 691 g/mol. The first-order chi connectivity index (χ1) is 28.1. The highest BCUT2D eigenvalue weighted by atomic mass is 14.9. The second kappa shape index (κ2) is 12.9. The number of aryl methyl sites for hydroxylation is 2. The molecule has 0 saturated carbocycles. The van der Waals surface area contributed by atoms with E-state index >= 15 is 0 Å². The molecule has 1 spiro atoms. The van der Waals surface area contributed by atoms with E-state index in [-0.39, 0.29) is 0 Å². The van der Waals surface area contributed by atoms with Crippen molar-refractivity contribution in [2.45, 2.75) is 19.3 Å². The fraction of sp³-hybridized carbons (Fsp3) is 0.0556. The molecule has 2 aliphatic rings.